The fourth-order valence-electron chi connectivity index (χ4n) is 4.86. The van der Waals surface area contributed by atoms with E-state index in [1.54, 1.807) is 30.3 Å². The minimum atomic E-state index is -4.13. The van der Waals surface area contributed by atoms with Crippen LogP contribution >= 0.6 is 0 Å². The van der Waals surface area contributed by atoms with Crippen molar-refractivity contribution in [2.75, 3.05) is 36.4 Å². The molecule has 0 unspecified atom stereocenters. The van der Waals surface area contributed by atoms with E-state index in [1.807, 2.05) is 11.5 Å². The van der Waals surface area contributed by atoms with Gasteiger partial charge in [0.2, 0.25) is 10.0 Å². The molecule has 4 heterocycles. The Bertz CT molecular complexity index is 1500. The maximum Gasteiger partial charge on any atom is 0.274 e. The van der Waals surface area contributed by atoms with Gasteiger partial charge in [0, 0.05) is 42.8 Å². The van der Waals surface area contributed by atoms with Gasteiger partial charge in [0.1, 0.15) is 21.9 Å². The summed E-state index contributed by atoms with van der Waals surface area (Å²) in [5.41, 5.74) is 1.74. The molecule has 5 N–H and O–H groups in total. The van der Waals surface area contributed by atoms with Gasteiger partial charge in [-0.2, -0.15) is 0 Å². The predicted molar refractivity (Wildman–Crippen MR) is 137 cm³/mol. The highest BCUT2D eigenvalue weighted by atomic mass is 32.2. The summed E-state index contributed by atoms with van der Waals surface area (Å²) in [6.45, 7) is 8.72. The Morgan fingerprint density at radius 3 is 2.72 bits per heavy atom. The van der Waals surface area contributed by atoms with Crippen molar-refractivity contribution >= 4 is 44.2 Å². The number of benzene rings is 1. The fraction of sp³-hybridized carbons (Fsp3) is 0.375. The molecular formula is C24H29N7O4S. The molecule has 12 heteroatoms. The largest absolute Gasteiger partial charge is 0.368 e. The van der Waals surface area contributed by atoms with E-state index in [0.29, 0.717) is 36.7 Å². The van der Waals surface area contributed by atoms with E-state index in [-0.39, 0.29) is 33.8 Å². The second kappa shape index (κ2) is 8.57. The van der Waals surface area contributed by atoms with Crippen molar-refractivity contribution in [3.8, 4) is 0 Å². The normalized spacial score (nSPS) is 19.6. The molecule has 1 atom stereocenters. The van der Waals surface area contributed by atoms with Gasteiger partial charge < -0.3 is 25.4 Å². The van der Waals surface area contributed by atoms with Gasteiger partial charge in [-0.1, -0.05) is 0 Å². The first-order chi connectivity index (χ1) is 16.9. The number of anilines is 2. The van der Waals surface area contributed by atoms with E-state index >= 15 is 0 Å². The van der Waals surface area contributed by atoms with Crippen molar-refractivity contribution in [2.45, 2.75) is 37.2 Å². The standard InChI is InChI=1S/C24H29N7O4S/c1-14-12-26-23(33)19-10-15-4-6-18(28-21(15)31(14)19)22(32)29-17-7-5-16(11-20(17)36(25,34)35)30-9-8-27-24(2,3)13-30/h4-7,10-11,14,27H,8-9,12-13H2,1-3H3,(H,26,33)(H,29,32)(H2,25,34,35)/t14-/m1/s1. The van der Waals surface area contributed by atoms with Gasteiger partial charge in [0.05, 0.1) is 11.7 Å². The van der Waals surface area contributed by atoms with E-state index in [4.69, 9.17) is 5.14 Å². The van der Waals surface area contributed by atoms with Crippen molar-refractivity contribution in [2.24, 2.45) is 5.14 Å². The highest BCUT2D eigenvalue weighted by molar-refractivity contribution is 7.89. The van der Waals surface area contributed by atoms with Crippen LogP contribution in [-0.2, 0) is 10.0 Å². The average Bonchev–Trinajstić information content (AvgIpc) is 3.20. The molecule has 1 saturated heterocycles. The summed E-state index contributed by atoms with van der Waals surface area (Å²) in [7, 11) is -4.13. The quantitative estimate of drug-likeness (QED) is 0.414. The van der Waals surface area contributed by atoms with E-state index < -0.39 is 15.9 Å². The van der Waals surface area contributed by atoms with Crippen LogP contribution in [0, 0.1) is 0 Å². The molecule has 0 aliphatic carbocycles. The number of carbonyl (C=O) groups is 2. The monoisotopic (exact) mass is 511 g/mol. The molecule has 0 bridgehead atoms. The second-order valence-electron chi connectivity index (χ2n) is 9.98. The van der Waals surface area contributed by atoms with Crippen molar-refractivity contribution in [1.29, 1.82) is 0 Å². The van der Waals surface area contributed by atoms with Crippen LogP contribution in [-0.4, -0.2) is 61.5 Å². The molecule has 0 saturated carbocycles. The molecular weight excluding hydrogens is 482 g/mol. The molecule has 36 heavy (non-hydrogen) atoms. The zero-order chi connectivity index (χ0) is 25.8. The number of hydrogen-bond acceptors (Lipinski definition) is 7. The Morgan fingerprint density at radius 1 is 1.22 bits per heavy atom. The fourth-order valence-corrected chi connectivity index (χ4v) is 5.57. The van der Waals surface area contributed by atoms with Crippen LogP contribution < -0.4 is 26.0 Å². The summed E-state index contributed by atoms with van der Waals surface area (Å²) in [6, 6.07) is 9.78. The molecule has 2 aliphatic heterocycles. The number of aromatic nitrogens is 2. The summed E-state index contributed by atoms with van der Waals surface area (Å²) in [5, 5.41) is 15.2. The van der Waals surface area contributed by atoms with E-state index in [1.165, 1.54) is 6.07 Å². The molecule has 1 aromatic carbocycles. The SMILES string of the molecule is C[C@@H]1CNC(=O)c2cc3ccc(C(=O)Nc4ccc(N5CCNC(C)(C)C5)cc4S(N)(=O)=O)nc3n21. The molecule has 2 aromatic heterocycles. The number of amides is 2. The summed E-state index contributed by atoms with van der Waals surface area (Å²) in [4.78, 5) is 31.8. The van der Waals surface area contributed by atoms with E-state index in [9.17, 15) is 18.0 Å². The Hall–Kier alpha value is -3.48. The lowest BCUT2D eigenvalue weighted by atomic mass is 10.0. The first-order valence-electron chi connectivity index (χ1n) is 11.7. The number of nitrogens with two attached hydrogens (primary N) is 1. The van der Waals surface area contributed by atoms with Crippen LogP contribution in [0.2, 0.25) is 0 Å². The van der Waals surface area contributed by atoms with Gasteiger partial charge in [-0.05, 0) is 57.2 Å². The van der Waals surface area contributed by atoms with Crippen LogP contribution in [0.15, 0.2) is 41.3 Å². The van der Waals surface area contributed by atoms with Crippen LogP contribution in [0.5, 0.6) is 0 Å². The molecule has 0 spiro atoms. The van der Waals surface area contributed by atoms with Crippen LogP contribution in [0.3, 0.4) is 0 Å². The number of pyridine rings is 1. The number of nitrogens with zero attached hydrogens (tertiary/aromatic N) is 3. The average molecular weight is 512 g/mol. The number of hydrogen-bond donors (Lipinski definition) is 4. The van der Waals surface area contributed by atoms with Crippen molar-refractivity contribution in [1.82, 2.24) is 20.2 Å². The minimum Gasteiger partial charge on any atom is -0.368 e. The molecule has 5 rings (SSSR count). The predicted octanol–water partition coefficient (Wildman–Crippen LogP) is 1.43. The Morgan fingerprint density at radius 2 is 2.00 bits per heavy atom. The summed E-state index contributed by atoms with van der Waals surface area (Å²) in [6.07, 6.45) is 0. The number of sulfonamides is 1. The topological polar surface area (TPSA) is 151 Å². The highest BCUT2D eigenvalue weighted by Gasteiger charge is 2.28. The second-order valence-corrected chi connectivity index (χ2v) is 11.5. The Labute approximate surface area is 209 Å². The summed E-state index contributed by atoms with van der Waals surface area (Å²) in [5.74, 6) is -0.774. The molecule has 0 radical (unpaired) electrons. The maximum absolute atomic E-state index is 13.1. The van der Waals surface area contributed by atoms with Crippen LogP contribution in [0.1, 0.15) is 47.8 Å². The van der Waals surface area contributed by atoms with Gasteiger partial charge >= 0.3 is 0 Å². The van der Waals surface area contributed by atoms with Gasteiger partial charge in [0.15, 0.2) is 0 Å². The number of piperazine rings is 1. The number of nitrogens with one attached hydrogen (secondary N) is 3. The molecule has 2 aliphatic rings. The minimum absolute atomic E-state index is 0.0301. The number of primary sulfonamides is 1. The zero-order valence-electron chi connectivity index (χ0n) is 20.3. The molecule has 1 fully saturated rings. The first kappa shape index (κ1) is 24.2. The van der Waals surface area contributed by atoms with Gasteiger partial charge in [-0.3, -0.25) is 9.59 Å². The Kier molecular flexibility index (Phi) is 5.77. The maximum atomic E-state index is 13.1. The lowest BCUT2D eigenvalue weighted by molar-refractivity contribution is 0.0918. The van der Waals surface area contributed by atoms with Gasteiger partial charge in [-0.25, -0.2) is 18.5 Å². The molecule has 11 nitrogen and oxygen atoms in total. The summed E-state index contributed by atoms with van der Waals surface area (Å²) >= 11 is 0. The number of fused-ring (bicyclic) bond motifs is 3. The van der Waals surface area contributed by atoms with Gasteiger partial charge in [0.25, 0.3) is 11.8 Å². The smallest absolute Gasteiger partial charge is 0.274 e. The lowest BCUT2D eigenvalue weighted by Gasteiger charge is -2.40. The third-order valence-electron chi connectivity index (χ3n) is 6.61. The summed E-state index contributed by atoms with van der Waals surface area (Å²) < 4.78 is 26.7. The molecule has 2 amide bonds. The molecule has 190 valence electrons. The van der Waals surface area contributed by atoms with Gasteiger partial charge in [-0.15, -0.1) is 0 Å². The first-order valence-corrected chi connectivity index (χ1v) is 13.3. The van der Waals surface area contributed by atoms with E-state index in [0.717, 1.165) is 11.9 Å². The number of carbonyl (C=O) groups excluding carboxylic acids is 2. The third kappa shape index (κ3) is 4.43. The highest BCUT2D eigenvalue weighted by Crippen LogP contribution is 2.29. The van der Waals surface area contributed by atoms with Crippen LogP contribution in [0.4, 0.5) is 11.4 Å². The van der Waals surface area contributed by atoms with Crippen molar-refractivity contribution in [3.05, 3.63) is 47.8 Å². The van der Waals surface area contributed by atoms with E-state index in [2.05, 4.69) is 39.7 Å². The Balaban J connectivity index is 1.47. The third-order valence-corrected chi connectivity index (χ3v) is 7.56. The zero-order valence-corrected chi connectivity index (χ0v) is 21.1. The van der Waals surface area contributed by atoms with Crippen molar-refractivity contribution in [3.63, 3.8) is 0 Å². The van der Waals surface area contributed by atoms with Crippen LogP contribution in [0.25, 0.3) is 11.0 Å². The molecule has 3 aromatic rings. The number of rotatable bonds is 4. The van der Waals surface area contributed by atoms with Crippen molar-refractivity contribution < 1.29 is 18.0 Å². The lowest BCUT2D eigenvalue weighted by Crippen LogP contribution is -2.57.